The van der Waals surface area contributed by atoms with E-state index in [-0.39, 0.29) is 18.1 Å². The highest BCUT2D eigenvalue weighted by atomic mass is 32.2. The molecule has 2 rings (SSSR count). The average Bonchev–Trinajstić information content (AvgIpc) is 2.48. The van der Waals surface area contributed by atoms with Gasteiger partial charge in [-0.2, -0.15) is 0 Å². The van der Waals surface area contributed by atoms with Gasteiger partial charge >= 0.3 is 0 Å². The van der Waals surface area contributed by atoms with E-state index in [1.807, 2.05) is 18.4 Å². The van der Waals surface area contributed by atoms with Gasteiger partial charge in [-0.1, -0.05) is 12.1 Å². The van der Waals surface area contributed by atoms with E-state index in [0.29, 0.717) is 5.56 Å². The lowest BCUT2D eigenvalue weighted by Crippen LogP contribution is -2.11. The normalized spacial score (nSPS) is 10.3. The number of halogens is 2. The fraction of sp³-hybridized carbons (Fsp3) is 0.133. The van der Waals surface area contributed by atoms with Gasteiger partial charge in [0.25, 0.3) is 0 Å². The molecule has 0 aliphatic carbocycles. The van der Waals surface area contributed by atoms with Crippen LogP contribution in [0, 0.1) is 11.6 Å². The Morgan fingerprint density at radius 1 is 1.10 bits per heavy atom. The Morgan fingerprint density at radius 3 is 2.40 bits per heavy atom. The van der Waals surface area contributed by atoms with Gasteiger partial charge in [-0.15, -0.1) is 11.8 Å². The number of carbonyl (C=O) groups excluding carboxylic acids is 1. The van der Waals surface area contributed by atoms with Crippen molar-refractivity contribution in [3.63, 3.8) is 0 Å². The second kappa shape index (κ2) is 6.52. The van der Waals surface area contributed by atoms with E-state index in [1.54, 1.807) is 23.9 Å². The first-order valence-corrected chi connectivity index (χ1v) is 7.07. The Hall–Kier alpha value is -1.88. The lowest BCUT2D eigenvalue weighted by molar-refractivity contribution is 0.0921. The summed E-state index contributed by atoms with van der Waals surface area (Å²) < 4.78 is 30.9. The molecular weight excluding hydrogens is 282 g/mol. The van der Waals surface area contributed by atoms with Crippen molar-refractivity contribution in [3.05, 3.63) is 59.7 Å². The van der Waals surface area contributed by atoms with Gasteiger partial charge in [0.1, 0.15) is 5.75 Å². The summed E-state index contributed by atoms with van der Waals surface area (Å²) in [4.78, 5) is 12.9. The zero-order valence-corrected chi connectivity index (χ0v) is 11.5. The molecular formula is C15H12F2O2S. The molecule has 104 valence electrons. The van der Waals surface area contributed by atoms with Crippen LogP contribution in [-0.2, 0) is 0 Å². The van der Waals surface area contributed by atoms with Crippen LogP contribution < -0.4 is 4.74 Å². The maximum atomic E-state index is 13.0. The summed E-state index contributed by atoms with van der Waals surface area (Å²) in [6, 6.07) is 10.3. The lowest BCUT2D eigenvalue weighted by atomic mass is 10.1. The zero-order valence-electron chi connectivity index (χ0n) is 10.7. The van der Waals surface area contributed by atoms with E-state index in [0.717, 1.165) is 17.0 Å². The minimum absolute atomic E-state index is 0.123. The number of hydrogen-bond donors (Lipinski definition) is 0. The van der Waals surface area contributed by atoms with E-state index in [9.17, 15) is 13.6 Å². The molecule has 0 saturated heterocycles. The summed E-state index contributed by atoms with van der Waals surface area (Å²) in [7, 11) is 0. The fourth-order valence-electron chi connectivity index (χ4n) is 1.58. The Balaban J connectivity index is 1.98. The maximum Gasteiger partial charge on any atom is 0.200 e. The van der Waals surface area contributed by atoms with Crippen LogP contribution in [0.5, 0.6) is 5.75 Å². The van der Waals surface area contributed by atoms with E-state index in [1.165, 1.54) is 6.07 Å². The molecule has 0 bridgehead atoms. The second-order valence-electron chi connectivity index (χ2n) is 4.02. The van der Waals surface area contributed by atoms with Crippen molar-refractivity contribution in [2.45, 2.75) is 4.90 Å². The summed E-state index contributed by atoms with van der Waals surface area (Å²) in [5, 5.41) is 0. The largest absolute Gasteiger partial charge is 0.485 e. The third kappa shape index (κ3) is 3.57. The van der Waals surface area contributed by atoms with Crippen LogP contribution in [0.3, 0.4) is 0 Å². The number of Topliss-reactive ketones (excluding diaryl/α,β-unsaturated/α-hetero) is 1. The predicted octanol–water partition coefficient (Wildman–Crippen LogP) is 3.95. The topological polar surface area (TPSA) is 26.3 Å². The molecule has 0 aromatic heterocycles. The molecule has 0 saturated carbocycles. The monoisotopic (exact) mass is 294 g/mol. The lowest BCUT2D eigenvalue weighted by Gasteiger charge is -2.06. The molecule has 0 radical (unpaired) electrons. The quantitative estimate of drug-likeness (QED) is 0.617. The minimum Gasteiger partial charge on any atom is -0.485 e. The second-order valence-corrected chi connectivity index (χ2v) is 4.90. The van der Waals surface area contributed by atoms with Crippen LogP contribution in [0.25, 0.3) is 0 Å². The van der Waals surface area contributed by atoms with Crippen LogP contribution in [0.4, 0.5) is 8.78 Å². The molecule has 20 heavy (non-hydrogen) atoms. The number of hydrogen-bond acceptors (Lipinski definition) is 3. The van der Waals surface area contributed by atoms with Gasteiger partial charge in [-0.3, -0.25) is 4.79 Å². The molecule has 2 aromatic rings. The van der Waals surface area contributed by atoms with Gasteiger partial charge in [0.05, 0.1) is 0 Å². The summed E-state index contributed by atoms with van der Waals surface area (Å²) in [6.45, 7) is -0.219. The Labute approximate surface area is 119 Å². The molecule has 0 fully saturated rings. The van der Waals surface area contributed by atoms with Gasteiger partial charge in [0, 0.05) is 16.5 Å². The number of thioether (sulfide) groups is 1. The van der Waals surface area contributed by atoms with Crippen LogP contribution >= 0.6 is 11.8 Å². The smallest absolute Gasteiger partial charge is 0.200 e. The maximum absolute atomic E-state index is 13.0. The predicted molar refractivity (Wildman–Crippen MR) is 74.4 cm³/mol. The van der Waals surface area contributed by atoms with Gasteiger partial charge < -0.3 is 4.74 Å². The number of ketones is 1. The molecule has 0 aliphatic heterocycles. The van der Waals surface area contributed by atoms with Gasteiger partial charge in [-0.05, 0) is 30.5 Å². The van der Waals surface area contributed by atoms with Crippen molar-refractivity contribution in [3.8, 4) is 5.75 Å². The van der Waals surface area contributed by atoms with E-state index >= 15 is 0 Å². The fourth-order valence-corrected chi connectivity index (χ4v) is 1.98. The molecule has 0 aliphatic rings. The molecule has 0 heterocycles. The zero-order chi connectivity index (χ0) is 14.5. The van der Waals surface area contributed by atoms with Gasteiger partial charge in [0.2, 0.25) is 0 Å². The Kier molecular flexibility index (Phi) is 4.74. The molecule has 0 amide bonds. The van der Waals surface area contributed by atoms with E-state index in [4.69, 9.17) is 4.74 Å². The number of carbonyl (C=O) groups is 1. The van der Waals surface area contributed by atoms with Gasteiger partial charge in [0.15, 0.2) is 24.0 Å². The van der Waals surface area contributed by atoms with Gasteiger partial charge in [-0.25, -0.2) is 8.78 Å². The van der Waals surface area contributed by atoms with Crippen LogP contribution in [0.15, 0.2) is 47.4 Å². The van der Waals surface area contributed by atoms with Crippen molar-refractivity contribution in [1.82, 2.24) is 0 Å². The molecule has 0 unspecified atom stereocenters. The van der Waals surface area contributed by atoms with Crippen LogP contribution in [0.1, 0.15) is 10.4 Å². The highest BCUT2D eigenvalue weighted by molar-refractivity contribution is 7.98. The first-order valence-electron chi connectivity index (χ1n) is 5.85. The number of ether oxygens (including phenoxy) is 1. The summed E-state index contributed by atoms with van der Waals surface area (Å²) in [5.74, 6) is -2.05. The summed E-state index contributed by atoms with van der Waals surface area (Å²) in [5.41, 5.74) is 0.519. The standard InChI is InChI=1S/C15H12F2O2S/c1-20-12-5-2-10(3-6-12)15(18)9-19-11-4-7-13(16)14(17)8-11/h2-8H,9H2,1H3. The van der Waals surface area contributed by atoms with Crippen molar-refractivity contribution in [1.29, 1.82) is 0 Å². The van der Waals surface area contributed by atoms with Crippen LogP contribution in [0.2, 0.25) is 0 Å². The van der Waals surface area contributed by atoms with Crippen molar-refractivity contribution >= 4 is 17.5 Å². The molecule has 2 aromatic carbocycles. The molecule has 0 atom stereocenters. The summed E-state index contributed by atoms with van der Waals surface area (Å²) >= 11 is 1.58. The average molecular weight is 294 g/mol. The number of rotatable bonds is 5. The third-order valence-electron chi connectivity index (χ3n) is 2.67. The molecule has 5 heteroatoms. The number of benzene rings is 2. The minimum atomic E-state index is -1.00. The molecule has 0 N–H and O–H groups in total. The third-order valence-corrected chi connectivity index (χ3v) is 3.42. The van der Waals surface area contributed by atoms with Crippen LogP contribution in [-0.4, -0.2) is 18.6 Å². The first kappa shape index (κ1) is 14.5. The van der Waals surface area contributed by atoms with Crippen molar-refractivity contribution < 1.29 is 18.3 Å². The SMILES string of the molecule is CSc1ccc(C(=O)COc2ccc(F)c(F)c2)cc1. The Bertz CT molecular complexity index is 612. The highest BCUT2D eigenvalue weighted by Crippen LogP contribution is 2.17. The molecule has 2 nitrogen and oxygen atoms in total. The van der Waals surface area contributed by atoms with E-state index < -0.39 is 11.6 Å². The van der Waals surface area contributed by atoms with E-state index in [2.05, 4.69) is 0 Å². The van der Waals surface area contributed by atoms with Crippen molar-refractivity contribution in [2.24, 2.45) is 0 Å². The Morgan fingerprint density at radius 2 is 1.80 bits per heavy atom. The molecule has 0 spiro atoms. The first-order chi connectivity index (χ1) is 9.60. The van der Waals surface area contributed by atoms with Crippen molar-refractivity contribution in [2.75, 3.05) is 12.9 Å². The highest BCUT2D eigenvalue weighted by Gasteiger charge is 2.08. The summed E-state index contributed by atoms with van der Waals surface area (Å²) in [6.07, 6.45) is 1.95.